The van der Waals surface area contributed by atoms with Crippen LogP contribution in [0.4, 0.5) is 0 Å². The van der Waals surface area contributed by atoms with Crippen molar-refractivity contribution in [1.82, 2.24) is 10.2 Å². The molecular formula is C19H32N2O5. The lowest BCUT2D eigenvalue weighted by Crippen LogP contribution is -2.72. The number of rotatable bonds is 6. The molecule has 1 amide bonds. The standard InChI is InChI=1S/C19H32N2O5/c1-8-9-10-26-15(23)11-21-17(3,4)12-19(16(24)25-7,20-14(2)22)13-18(21,5)6/h8-9H,10-13H2,1-7H3,(H,20,22). The molecule has 1 rings (SSSR count). The van der Waals surface area contributed by atoms with Crippen LogP contribution in [0.5, 0.6) is 0 Å². The topological polar surface area (TPSA) is 84.9 Å². The molecule has 1 saturated heterocycles. The number of methoxy groups -OCH3 is 1. The van der Waals surface area contributed by atoms with Crippen molar-refractivity contribution in [3.8, 4) is 0 Å². The van der Waals surface area contributed by atoms with Gasteiger partial charge in [-0.1, -0.05) is 12.2 Å². The van der Waals surface area contributed by atoms with Crippen molar-refractivity contribution < 1.29 is 23.9 Å². The van der Waals surface area contributed by atoms with Gasteiger partial charge in [-0.15, -0.1) is 0 Å². The second-order valence-corrected chi connectivity index (χ2v) is 8.07. The van der Waals surface area contributed by atoms with E-state index in [9.17, 15) is 14.4 Å². The quantitative estimate of drug-likeness (QED) is 0.568. The van der Waals surface area contributed by atoms with Crippen LogP contribution in [0.2, 0.25) is 0 Å². The number of hydrogen-bond donors (Lipinski definition) is 1. The second kappa shape index (κ2) is 8.20. The monoisotopic (exact) mass is 368 g/mol. The Morgan fingerprint density at radius 3 is 2.08 bits per heavy atom. The van der Waals surface area contributed by atoms with Crippen LogP contribution < -0.4 is 5.32 Å². The minimum Gasteiger partial charge on any atom is -0.467 e. The maximum absolute atomic E-state index is 12.5. The van der Waals surface area contributed by atoms with E-state index in [4.69, 9.17) is 9.47 Å². The van der Waals surface area contributed by atoms with E-state index in [0.29, 0.717) is 12.8 Å². The number of piperidine rings is 1. The Morgan fingerprint density at radius 1 is 1.12 bits per heavy atom. The molecule has 1 aliphatic rings. The summed E-state index contributed by atoms with van der Waals surface area (Å²) >= 11 is 0. The first-order chi connectivity index (χ1) is 11.9. The second-order valence-electron chi connectivity index (χ2n) is 8.07. The van der Waals surface area contributed by atoms with E-state index in [2.05, 4.69) is 5.32 Å². The number of carbonyl (C=O) groups excluding carboxylic acids is 3. The summed E-state index contributed by atoms with van der Waals surface area (Å²) in [4.78, 5) is 38.6. The van der Waals surface area contributed by atoms with Crippen LogP contribution in [0.15, 0.2) is 12.2 Å². The number of likely N-dealkylation sites (tertiary alicyclic amines) is 1. The number of carbonyl (C=O) groups is 3. The number of allylic oxidation sites excluding steroid dienone is 1. The molecule has 0 unspecified atom stereocenters. The van der Waals surface area contributed by atoms with Gasteiger partial charge in [0.1, 0.15) is 12.1 Å². The van der Waals surface area contributed by atoms with Gasteiger partial charge in [-0.05, 0) is 47.5 Å². The first-order valence-electron chi connectivity index (χ1n) is 8.82. The number of ether oxygens (including phenoxy) is 2. The summed E-state index contributed by atoms with van der Waals surface area (Å²) in [6, 6.07) is 0. The molecule has 0 bridgehead atoms. The van der Waals surface area contributed by atoms with Crippen LogP contribution in [0.3, 0.4) is 0 Å². The van der Waals surface area contributed by atoms with Gasteiger partial charge in [0.25, 0.3) is 0 Å². The largest absolute Gasteiger partial charge is 0.467 e. The highest BCUT2D eigenvalue weighted by molar-refractivity contribution is 5.87. The van der Waals surface area contributed by atoms with Crippen molar-refractivity contribution in [3.05, 3.63) is 12.2 Å². The van der Waals surface area contributed by atoms with E-state index < -0.39 is 22.6 Å². The van der Waals surface area contributed by atoms with Gasteiger partial charge in [0.15, 0.2) is 0 Å². The Hall–Kier alpha value is -1.89. The van der Waals surface area contributed by atoms with E-state index in [1.807, 2.05) is 45.6 Å². The molecule has 0 radical (unpaired) electrons. The van der Waals surface area contributed by atoms with Crippen LogP contribution in [0.1, 0.15) is 54.4 Å². The van der Waals surface area contributed by atoms with Crippen molar-refractivity contribution in [2.75, 3.05) is 20.3 Å². The Bertz CT molecular complexity index is 562. The number of nitrogens with one attached hydrogen (secondary N) is 1. The fraction of sp³-hybridized carbons (Fsp3) is 0.737. The fourth-order valence-corrected chi connectivity index (χ4v) is 4.21. The number of esters is 2. The Labute approximate surface area is 156 Å². The zero-order valence-electron chi connectivity index (χ0n) is 17.0. The molecule has 1 aliphatic heterocycles. The SMILES string of the molecule is CC=CCOC(=O)CN1C(C)(C)CC(NC(C)=O)(C(=O)OC)CC1(C)C. The zero-order valence-corrected chi connectivity index (χ0v) is 17.0. The predicted molar refractivity (Wildman–Crippen MR) is 98.4 cm³/mol. The third-order valence-electron chi connectivity index (χ3n) is 4.79. The first kappa shape index (κ1) is 22.2. The van der Waals surface area contributed by atoms with E-state index >= 15 is 0 Å². The van der Waals surface area contributed by atoms with Gasteiger partial charge in [0, 0.05) is 18.0 Å². The predicted octanol–water partition coefficient (Wildman–Crippen LogP) is 1.81. The van der Waals surface area contributed by atoms with Crippen molar-refractivity contribution in [2.45, 2.75) is 71.0 Å². The molecule has 1 fully saturated rings. The van der Waals surface area contributed by atoms with Crippen molar-refractivity contribution >= 4 is 17.8 Å². The Kier molecular flexibility index (Phi) is 6.99. The highest BCUT2D eigenvalue weighted by atomic mass is 16.5. The highest BCUT2D eigenvalue weighted by Crippen LogP contribution is 2.44. The summed E-state index contributed by atoms with van der Waals surface area (Å²) in [6.07, 6.45) is 4.25. The highest BCUT2D eigenvalue weighted by Gasteiger charge is 2.57. The third kappa shape index (κ3) is 5.06. The lowest BCUT2D eigenvalue weighted by atomic mass is 9.68. The minimum absolute atomic E-state index is 0.106. The Balaban J connectivity index is 3.12. The molecule has 148 valence electrons. The molecule has 0 aliphatic carbocycles. The third-order valence-corrected chi connectivity index (χ3v) is 4.79. The maximum atomic E-state index is 12.5. The van der Waals surface area contributed by atoms with Crippen molar-refractivity contribution in [3.63, 3.8) is 0 Å². The maximum Gasteiger partial charge on any atom is 0.331 e. The molecule has 0 aromatic rings. The molecule has 0 aromatic carbocycles. The molecule has 0 spiro atoms. The number of nitrogens with zero attached hydrogens (tertiary/aromatic N) is 1. The Morgan fingerprint density at radius 2 is 1.65 bits per heavy atom. The summed E-state index contributed by atoms with van der Waals surface area (Å²) in [7, 11) is 1.32. The lowest BCUT2D eigenvalue weighted by Gasteiger charge is -2.58. The fourth-order valence-electron chi connectivity index (χ4n) is 4.21. The van der Waals surface area contributed by atoms with E-state index in [1.165, 1.54) is 14.0 Å². The lowest BCUT2D eigenvalue weighted by molar-refractivity contribution is -0.166. The molecule has 7 nitrogen and oxygen atoms in total. The van der Waals surface area contributed by atoms with Crippen LogP contribution in [-0.4, -0.2) is 59.6 Å². The van der Waals surface area contributed by atoms with Gasteiger partial charge in [-0.25, -0.2) is 4.79 Å². The average molecular weight is 368 g/mol. The van der Waals surface area contributed by atoms with E-state index in [0.717, 1.165) is 0 Å². The van der Waals surface area contributed by atoms with Gasteiger partial charge in [0.2, 0.25) is 5.91 Å². The molecule has 7 heteroatoms. The van der Waals surface area contributed by atoms with Crippen molar-refractivity contribution in [1.29, 1.82) is 0 Å². The summed E-state index contributed by atoms with van der Waals surface area (Å²) in [6.45, 7) is 11.4. The van der Waals surface area contributed by atoms with Crippen molar-refractivity contribution in [2.24, 2.45) is 0 Å². The van der Waals surface area contributed by atoms with Crippen LogP contribution in [-0.2, 0) is 23.9 Å². The average Bonchev–Trinajstić information content (AvgIpc) is 2.48. The van der Waals surface area contributed by atoms with Gasteiger partial charge < -0.3 is 14.8 Å². The molecule has 0 atom stereocenters. The number of hydrogen-bond acceptors (Lipinski definition) is 6. The zero-order chi connectivity index (χ0) is 20.2. The van der Waals surface area contributed by atoms with Crippen LogP contribution in [0, 0.1) is 0 Å². The van der Waals surface area contributed by atoms with Gasteiger partial charge >= 0.3 is 11.9 Å². The van der Waals surface area contributed by atoms with E-state index in [-0.39, 0.29) is 25.0 Å². The number of amides is 1. The smallest absolute Gasteiger partial charge is 0.331 e. The van der Waals surface area contributed by atoms with Gasteiger partial charge in [-0.3, -0.25) is 14.5 Å². The van der Waals surface area contributed by atoms with Gasteiger partial charge in [-0.2, -0.15) is 0 Å². The molecule has 26 heavy (non-hydrogen) atoms. The molecule has 1 heterocycles. The molecular weight excluding hydrogens is 336 g/mol. The molecule has 1 N–H and O–H groups in total. The molecule has 0 saturated carbocycles. The van der Waals surface area contributed by atoms with Crippen LogP contribution in [0.25, 0.3) is 0 Å². The normalized spacial score (nSPS) is 21.2. The van der Waals surface area contributed by atoms with Crippen LogP contribution >= 0.6 is 0 Å². The summed E-state index contributed by atoms with van der Waals surface area (Å²) in [5.41, 5.74) is -2.21. The molecule has 0 aromatic heterocycles. The van der Waals surface area contributed by atoms with E-state index in [1.54, 1.807) is 6.08 Å². The summed E-state index contributed by atoms with van der Waals surface area (Å²) in [5.74, 6) is -1.08. The van der Waals surface area contributed by atoms with Gasteiger partial charge in [0.05, 0.1) is 13.7 Å². The summed E-state index contributed by atoms with van der Waals surface area (Å²) in [5, 5.41) is 2.81. The summed E-state index contributed by atoms with van der Waals surface area (Å²) < 4.78 is 10.2. The minimum atomic E-state index is -1.13. The first-order valence-corrected chi connectivity index (χ1v) is 8.82.